The number of carboxylic acids is 2. The topological polar surface area (TPSA) is 129 Å². The number of aliphatic carboxylic acids is 2. The Hall–Kier alpha value is -2.51. The van der Waals surface area contributed by atoms with Crippen LogP contribution in [0.4, 0.5) is 0 Å². The first-order valence-corrected chi connectivity index (χ1v) is 5.60. The van der Waals surface area contributed by atoms with Crippen molar-refractivity contribution < 1.29 is 35.0 Å². The highest BCUT2D eigenvalue weighted by molar-refractivity contribution is 5.83. The summed E-state index contributed by atoms with van der Waals surface area (Å²) in [6.45, 7) is 0. The maximum absolute atomic E-state index is 9.77. The number of aromatic nitrogens is 1. The van der Waals surface area contributed by atoms with Crippen LogP contribution < -0.4 is 4.98 Å². The molecule has 106 valence electrons. The lowest BCUT2D eigenvalue weighted by Crippen LogP contribution is -2.39. The van der Waals surface area contributed by atoms with Crippen LogP contribution in [0.2, 0.25) is 0 Å². The number of fused-ring (bicyclic) bond motifs is 1. The Morgan fingerprint density at radius 1 is 0.900 bits per heavy atom. The van der Waals surface area contributed by atoms with E-state index in [2.05, 4.69) is 23.2 Å². The fourth-order valence-corrected chi connectivity index (χ4v) is 1.33. The molecule has 2 rings (SSSR count). The molecule has 2 atom stereocenters. The number of rotatable bonds is 3. The SMILES string of the molecule is O=C(O)C(O)C(O)C(=O)O.c1ccc2[nH+]cccc2c1. The van der Waals surface area contributed by atoms with Gasteiger partial charge in [0.2, 0.25) is 5.52 Å². The molecule has 0 spiro atoms. The van der Waals surface area contributed by atoms with E-state index in [0.717, 1.165) is 0 Å². The molecule has 0 saturated carbocycles. The number of aromatic amines is 1. The van der Waals surface area contributed by atoms with E-state index in [1.807, 2.05) is 24.4 Å². The van der Waals surface area contributed by atoms with Gasteiger partial charge in [-0.2, -0.15) is 0 Å². The van der Waals surface area contributed by atoms with Gasteiger partial charge in [-0.25, -0.2) is 14.6 Å². The minimum absolute atomic E-state index is 1.19. The zero-order chi connectivity index (χ0) is 15.1. The van der Waals surface area contributed by atoms with Gasteiger partial charge in [0.05, 0.1) is 0 Å². The minimum atomic E-state index is -2.27. The van der Waals surface area contributed by atoms with Crippen LogP contribution in [0.5, 0.6) is 0 Å². The van der Waals surface area contributed by atoms with Crippen molar-refractivity contribution >= 4 is 22.8 Å². The Morgan fingerprint density at radius 2 is 1.40 bits per heavy atom. The van der Waals surface area contributed by atoms with Gasteiger partial charge >= 0.3 is 11.9 Å². The number of nitrogens with one attached hydrogen (secondary N) is 1. The second-order valence-corrected chi connectivity index (χ2v) is 3.82. The molecule has 0 aliphatic rings. The standard InChI is InChI=1S/C9H7N.C4H6O6/c1-2-6-9-8(4-1)5-3-7-10-9;5-1(3(7)8)2(6)4(9)10/h1-7H;1-2,5-6H,(H,7,8)(H,9,10)/p+1. The molecule has 0 radical (unpaired) electrons. The van der Waals surface area contributed by atoms with Crippen molar-refractivity contribution in [3.8, 4) is 0 Å². The molecule has 0 fully saturated rings. The maximum Gasteiger partial charge on any atom is 0.335 e. The van der Waals surface area contributed by atoms with E-state index in [-0.39, 0.29) is 0 Å². The fraction of sp³-hybridized carbons (Fsp3) is 0.154. The van der Waals surface area contributed by atoms with Crippen molar-refractivity contribution in [2.24, 2.45) is 0 Å². The number of carboxylic acid groups (broad SMARTS) is 2. The van der Waals surface area contributed by atoms with Gasteiger partial charge in [-0.1, -0.05) is 12.1 Å². The Balaban J connectivity index is 0.000000200. The van der Waals surface area contributed by atoms with Crippen molar-refractivity contribution in [1.29, 1.82) is 0 Å². The van der Waals surface area contributed by atoms with Crippen LogP contribution in [0.15, 0.2) is 42.6 Å². The summed E-state index contributed by atoms with van der Waals surface area (Å²) < 4.78 is 0. The summed E-state index contributed by atoms with van der Waals surface area (Å²) in [6.07, 6.45) is -2.60. The van der Waals surface area contributed by atoms with Gasteiger partial charge in [-0.15, -0.1) is 0 Å². The summed E-state index contributed by atoms with van der Waals surface area (Å²) in [5, 5.41) is 33.8. The molecule has 7 nitrogen and oxygen atoms in total. The number of para-hydroxylation sites is 1. The molecular weight excluding hydrogens is 266 g/mol. The van der Waals surface area contributed by atoms with Crippen LogP contribution in [0.3, 0.4) is 0 Å². The molecule has 1 aromatic carbocycles. The third kappa shape index (κ3) is 4.30. The second kappa shape index (κ2) is 7.17. The van der Waals surface area contributed by atoms with Gasteiger partial charge in [-0.05, 0) is 12.1 Å². The van der Waals surface area contributed by atoms with E-state index in [9.17, 15) is 9.59 Å². The van der Waals surface area contributed by atoms with E-state index in [4.69, 9.17) is 20.4 Å². The molecule has 20 heavy (non-hydrogen) atoms. The van der Waals surface area contributed by atoms with Crippen LogP contribution >= 0.6 is 0 Å². The third-order valence-electron chi connectivity index (χ3n) is 2.38. The molecule has 0 amide bonds. The normalized spacial score (nSPS) is 12.9. The van der Waals surface area contributed by atoms with Gasteiger partial charge in [0.25, 0.3) is 0 Å². The summed E-state index contributed by atoms with van der Waals surface area (Å²) in [7, 11) is 0. The van der Waals surface area contributed by atoms with Crippen molar-refractivity contribution in [2.45, 2.75) is 12.2 Å². The second-order valence-electron chi connectivity index (χ2n) is 3.82. The van der Waals surface area contributed by atoms with Crippen LogP contribution in [0.1, 0.15) is 0 Å². The van der Waals surface area contributed by atoms with Gasteiger partial charge < -0.3 is 20.4 Å². The number of aliphatic hydroxyl groups excluding tert-OH is 2. The molecule has 2 unspecified atom stereocenters. The number of hydrogen-bond acceptors (Lipinski definition) is 4. The Morgan fingerprint density at radius 3 is 1.90 bits per heavy atom. The smallest absolute Gasteiger partial charge is 0.335 e. The lowest BCUT2D eigenvalue weighted by atomic mass is 10.2. The number of H-pyrrole nitrogens is 1. The quantitative estimate of drug-likeness (QED) is 0.601. The Kier molecular flexibility index (Phi) is 5.57. The van der Waals surface area contributed by atoms with Crippen LogP contribution in [0.25, 0.3) is 10.9 Å². The predicted octanol–water partition coefficient (Wildman–Crippen LogP) is -0.469. The molecule has 7 heteroatoms. The summed E-state index contributed by atoms with van der Waals surface area (Å²) in [5.74, 6) is -3.54. The highest BCUT2D eigenvalue weighted by Gasteiger charge is 2.29. The lowest BCUT2D eigenvalue weighted by Gasteiger charge is -2.07. The van der Waals surface area contributed by atoms with E-state index in [1.54, 1.807) is 0 Å². The molecule has 0 aliphatic heterocycles. The zero-order valence-electron chi connectivity index (χ0n) is 10.3. The van der Waals surface area contributed by atoms with Crippen molar-refractivity contribution in [3.05, 3.63) is 42.6 Å². The average molecular weight is 280 g/mol. The molecule has 1 aromatic heterocycles. The van der Waals surface area contributed by atoms with E-state index in [1.165, 1.54) is 10.9 Å². The van der Waals surface area contributed by atoms with Crippen LogP contribution in [0, 0.1) is 0 Å². The molecule has 0 bridgehead atoms. The highest BCUT2D eigenvalue weighted by atomic mass is 16.4. The van der Waals surface area contributed by atoms with E-state index in [0.29, 0.717) is 0 Å². The van der Waals surface area contributed by atoms with Crippen LogP contribution in [-0.4, -0.2) is 44.6 Å². The first kappa shape index (κ1) is 15.5. The molecule has 0 aliphatic carbocycles. The summed E-state index contributed by atoms with van der Waals surface area (Å²) in [6, 6.07) is 12.3. The average Bonchev–Trinajstić information content (AvgIpc) is 2.46. The molecule has 5 N–H and O–H groups in total. The van der Waals surface area contributed by atoms with Crippen LogP contribution in [-0.2, 0) is 9.59 Å². The molecular formula is C13H14NO6+. The van der Waals surface area contributed by atoms with Gasteiger partial charge in [0.1, 0.15) is 0 Å². The third-order valence-corrected chi connectivity index (χ3v) is 2.38. The predicted molar refractivity (Wildman–Crippen MR) is 67.8 cm³/mol. The van der Waals surface area contributed by atoms with Gasteiger partial charge in [-0.3, -0.25) is 0 Å². The van der Waals surface area contributed by atoms with Crippen molar-refractivity contribution in [3.63, 3.8) is 0 Å². The first-order valence-electron chi connectivity index (χ1n) is 5.60. The summed E-state index contributed by atoms with van der Waals surface area (Å²) in [5.41, 5.74) is 1.19. The molecule has 0 saturated heterocycles. The largest absolute Gasteiger partial charge is 0.479 e. The number of benzene rings is 1. The Labute approximate surface area is 113 Å². The van der Waals surface area contributed by atoms with Crippen molar-refractivity contribution in [1.82, 2.24) is 0 Å². The van der Waals surface area contributed by atoms with E-state index >= 15 is 0 Å². The minimum Gasteiger partial charge on any atom is -0.479 e. The Bertz CT molecular complexity index is 517. The zero-order valence-corrected chi connectivity index (χ0v) is 10.3. The number of hydrogen-bond donors (Lipinski definition) is 4. The number of aliphatic hydroxyl groups is 2. The van der Waals surface area contributed by atoms with Gasteiger partial charge in [0, 0.05) is 17.5 Å². The summed E-state index contributed by atoms with van der Waals surface area (Å²) in [4.78, 5) is 22.7. The first-order chi connectivity index (χ1) is 9.43. The van der Waals surface area contributed by atoms with E-state index < -0.39 is 24.1 Å². The monoisotopic (exact) mass is 280 g/mol. The fourth-order valence-electron chi connectivity index (χ4n) is 1.33. The van der Waals surface area contributed by atoms with Gasteiger partial charge in [0.15, 0.2) is 18.4 Å². The van der Waals surface area contributed by atoms with Crippen molar-refractivity contribution in [2.75, 3.05) is 0 Å². The number of pyridine rings is 1. The lowest BCUT2D eigenvalue weighted by molar-refractivity contribution is -0.344. The highest BCUT2D eigenvalue weighted by Crippen LogP contribution is 2.04. The molecule has 2 aromatic rings. The maximum atomic E-state index is 9.77. The summed E-state index contributed by atoms with van der Waals surface area (Å²) >= 11 is 0. The molecule has 1 heterocycles. The number of carbonyl (C=O) groups is 2.